The molecule has 0 saturated heterocycles. The number of rotatable bonds is 6. The van der Waals surface area contributed by atoms with E-state index >= 15 is 0 Å². The first-order valence-corrected chi connectivity index (χ1v) is 16.0. The Kier molecular flexibility index (Phi) is 6.72. The van der Waals surface area contributed by atoms with Gasteiger partial charge in [0.25, 0.3) is 0 Å². The van der Waals surface area contributed by atoms with Crippen molar-refractivity contribution in [3.8, 4) is 28.2 Å². The Labute approximate surface area is 265 Å². The highest BCUT2D eigenvalue weighted by Crippen LogP contribution is 2.48. The van der Waals surface area contributed by atoms with Crippen molar-refractivity contribution >= 4 is 10.9 Å². The summed E-state index contributed by atoms with van der Waals surface area (Å²) in [6.45, 7) is 4.74. The summed E-state index contributed by atoms with van der Waals surface area (Å²) < 4.78 is 2.30. The zero-order chi connectivity index (χ0) is 30.4. The molecule has 2 heterocycles. The van der Waals surface area contributed by atoms with Crippen LogP contribution in [0, 0.1) is 0 Å². The third-order valence-electron chi connectivity index (χ3n) is 9.75. The van der Waals surface area contributed by atoms with Crippen LogP contribution in [0.4, 0.5) is 0 Å². The van der Waals surface area contributed by atoms with Gasteiger partial charge in [-0.2, -0.15) is 0 Å². The van der Waals surface area contributed by atoms with Gasteiger partial charge in [-0.25, -0.2) is 4.98 Å². The summed E-state index contributed by atoms with van der Waals surface area (Å²) in [7, 11) is 0. The third-order valence-corrected chi connectivity index (χ3v) is 9.75. The van der Waals surface area contributed by atoms with Crippen LogP contribution in [-0.4, -0.2) is 9.55 Å². The summed E-state index contributed by atoms with van der Waals surface area (Å²) in [4.78, 5) is 5.25. The lowest BCUT2D eigenvalue weighted by Gasteiger charge is -2.39. The van der Waals surface area contributed by atoms with Gasteiger partial charge in [0.15, 0.2) is 0 Å². The minimum atomic E-state index is -0.00832. The first kappa shape index (κ1) is 27.3. The zero-order valence-corrected chi connectivity index (χ0v) is 25.8. The third kappa shape index (κ3) is 4.78. The SMILES string of the molecule is CC1(C)c2ccccc2C(CCc2cn(-c3cc(-c4ccccc4)cc(-c4ccccc4)n3)c3ccccc23)c2ccccc21. The number of aryl methyl sites for hydroxylation is 1. The van der Waals surface area contributed by atoms with Crippen LogP contribution in [0.25, 0.3) is 39.1 Å². The summed E-state index contributed by atoms with van der Waals surface area (Å²) in [6.07, 6.45) is 4.36. The van der Waals surface area contributed by atoms with E-state index in [1.165, 1.54) is 44.3 Å². The van der Waals surface area contributed by atoms with E-state index < -0.39 is 0 Å². The molecule has 8 rings (SSSR count). The number of pyridine rings is 1. The monoisotopic (exact) mass is 580 g/mol. The average molecular weight is 581 g/mol. The molecule has 0 unspecified atom stereocenters. The first-order chi connectivity index (χ1) is 22.1. The summed E-state index contributed by atoms with van der Waals surface area (Å²) in [5, 5.41) is 1.29. The predicted octanol–water partition coefficient (Wildman–Crippen LogP) is 10.8. The Hall–Kier alpha value is -5.21. The lowest BCUT2D eigenvalue weighted by molar-refractivity contribution is 0.566. The van der Waals surface area contributed by atoms with Gasteiger partial charge in [0, 0.05) is 28.5 Å². The van der Waals surface area contributed by atoms with Crippen LogP contribution in [0.2, 0.25) is 0 Å². The van der Waals surface area contributed by atoms with Gasteiger partial charge >= 0.3 is 0 Å². The van der Waals surface area contributed by atoms with Crippen molar-refractivity contribution < 1.29 is 0 Å². The van der Waals surface area contributed by atoms with Crippen molar-refractivity contribution in [1.29, 1.82) is 0 Å². The molecule has 0 aliphatic heterocycles. The molecule has 0 saturated carbocycles. The molecule has 2 aromatic heterocycles. The van der Waals surface area contributed by atoms with Crippen LogP contribution >= 0.6 is 0 Å². The van der Waals surface area contributed by atoms with Gasteiger partial charge in [0.1, 0.15) is 5.82 Å². The van der Waals surface area contributed by atoms with E-state index in [-0.39, 0.29) is 5.41 Å². The molecule has 2 nitrogen and oxygen atoms in total. The predicted molar refractivity (Wildman–Crippen MR) is 187 cm³/mol. The first-order valence-electron chi connectivity index (χ1n) is 16.0. The van der Waals surface area contributed by atoms with Gasteiger partial charge in [-0.3, -0.25) is 0 Å². The molecule has 2 heteroatoms. The number of nitrogens with zero attached hydrogens (tertiary/aromatic N) is 2. The minimum absolute atomic E-state index is 0.00832. The molecule has 218 valence electrons. The second-order valence-corrected chi connectivity index (χ2v) is 12.8. The van der Waals surface area contributed by atoms with E-state index in [2.05, 4.69) is 170 Å². The summed E-state index contributed by atoms with van der Waals surface area (Å²) >= 11 is 0. The van der Waals surface area contributed by atoms with Gasteiger partial charge < -0.3 is 4.57 Å². The quantitative estimate of drug-likeness (QED) is 0.191. The minimum Gasteiger partial charge on any atom is -0.301 e. The molecule has 0 spiro atoms. The van der Waals surface area contributed by atoms with Crippen LogP contribution in [0.5, 0.6) is 0 Å². The second-order valence-electron chi connectivity index (χ2n) is 12.8. The van der Waals surface area contributed by atoms with E-state index in [0.717, 1.165) is 35.5 Å². The van der Waals surface area contributed by atoms with Crippen LogP contribution in [0.3, 0.4) is 0 Å². The van der Waals surface area contributed by atoms with Crippen LogP contribution in [0.15, 0.2) is 152 Å². The zero-order valence-electron chi connectivity index (χ0n) is 25.8. The number of para-hydroxylation sites is 1. The molecule has 7 aromatic rings. The molecular formula is C43H36N2. The van der Waals surface area contributed by atoms with E-state index in [1.807, 2.05) is 0 Å². The highest BCUT2D eigenvalue weighted by atomic mass is 15.1. The Balaban J connectivity index is 1.22. The van der Waals surface area contributed by atoms with E-state index in [9.17, 15) is 0 Å². The molecule has 0 amide bonds. The maximum Gasteiger partial charge on any atom is 0.138 e. The molecule has 0 N–H and O–H groups in total. The number of fused-ring (bicyclic) bond motifs is 3. The number of benzene rings is 5. The van der Waals surface area contributed by atoms with Gasteiger partial charge in [0.05, 0.1) is 11.2 Å². The molecule has 5 aromatic carbocycles. The lowest BCUT2D eigenvalue weighted by Crippen LogP contribution is -2.29. The fourth-order valence-corrected chi connectivity index (χ4v) is 7.50. The average Bonchev–Trinajstić information content (AvgIpc) is 3.47. The largest absolute Gasteiger partial charge is 0.301 e. The summed E-state index contributed by atoms with van der Waals surface area (Å²) in [6, 6.07) is 52.5. The van der Waals surface area contributed by atoms with Crippen molar-refractivity contribution in [1.82, 2.24) is 9.55 Å². The fourth-order valence-electron chi connectivity index (χ4n) is 7.50. The molecule has 0 atom stereocenters. The topological polar surface area (TPSA) is 17.8 Å². The van der Waals surface area contributed by atoms with Crippen LogP contribution in [0.1, 0.15) is 54.0 Å². The smallest absolute Gasteiger partial charge is 0.138 e. The molecule has 1 aliphatic carbocycles. The van der Waals surface area contributed by atoms with E-state index in [0.29, 0.717) is 5.92 Å². The van der Waals surface area contributed by atoms with E-state index in [4.69, 9.17) is 4.98 Å². The molecule has 45 heavy (non-hydrogen) atoms. The normalized spacial score (nSPS) is 13.8. The lowest BCUT2D eigenvalue weighted by atomic mass is 9.64. The molecule has 0 bridgehead atoms. The fraction of sp³-hybridized carbons (Fsp3) is 0.140. The van der Waals surface area contributed by atoms with Gasteiger partial charge in [-0.05, 0) is 70.0 Å². The Morgan fingerprint density at radius 1 is 0.600 bits per heavy atom. The second kappa shape index (κ2) is 11.1. The van der Waals surface area contributed by atoms with Crippen molar-refractivity contribution in [2.75, 3.05) is 0 Å². The van der Waals surface area contributed by atoms with Crippen molar-refractivity contribution in [2.45, 2.75) is 38.0 Å². The number of hydrogen-bond acceptors (Lipinski definition) is 1. The van der Waals surface area contributed by atoms with Crippen LogP contribution < -0.4 is 0 Å². The van der Waals surface area contributed by atoms with Crippen molar-refractivity contribution in [2.24, 2.45) is 0 Å². The maximum absolute atomic E-state index is 5.25. The number of aromatic nitrogens is 2. The molecule has 1 aliphatic rings. The maximum atomic E-state index is 5.25. The van der Waals surface area contributed by atoms with E-state index in [1.54, 1.807) is 0 Å². The van der Waals surface area contributed by atoms with Crippen molar-refractivity contribution in [3.63, 3.8) is 0 Å². The number of hydrogen-bond donors (Lipinski definition) is 0. The molecule has 0 fully saturated rings. The summed E-state index contributed by atoms with van der Waals surface area (Å²) in [5.74, 6) is 1.30. The standard InChI is InChI=1S/C43H36N2/c1-43(2)38-22-12-9-20-36(38)35(37-21-10-13-23-39(37)43)26-25-32-29-45(41-24-14-11-19-34(32)41)42-28-33(30-15-5-3-6-16-30)27-40(44-42)31-17-7-4-8-18-31/h3-24,27-29,35H,25-26H2,1-2H3. The van der Waals surface area contributed by atoms with Gasteiger partial charge in [0.2, 0.25) is 0 Å². The van der Waals surface area contributed by atoms with Crippen LogP contribution in [-0.2, 0) is 11.8 Å². The van der Waals surface area contributed by atoms with Gasteiger partial charge in [-0.15, -0.1) is 0 Å². The molecular weight excluding hydrogens is 544 g/mol. The Bertz CT molecular complexity index is 2030. The highest BCUT2D eigenvalue weighted by Gasteiger charge is 2.36. The summed E-state index contributed by atoms with van der Waals surface area (Å²) in [5.41, 5.74) is 12.8. The van der Waals surface area contributed by atoms with Crippen molar-refractivity contribution in [3.05, 3.63) is 180 Å². The highest BCUT2D eigenvalue weighted by molar-refractivity contribution is 5.86. The van der Waals surface area contributed by atoms with Gasteiger partial charge in [-0.1, -0.05) is 141 Å². The Morgan fingerprint density at radius 2 is 1.18 bits per heavy atom. The molecule has 0 radical (unpaired) electrons. The Morgan fingerprint density at radius 3 is 1.87 bits per heavy atom.